The van der Waals surface area contributed by atoms with Crippen molar-refractivity contribution < 1.29 is 13.9 Å². The van der Waals surface area contributed by atoms with Gasteiger partial charge in [-0.25, -0.2) is 4.39 Å². The number of ketones is 1. The van der Waals surface area contributed by atoms with Crippen molar-refractivity contribution >= 4 is 11.5 Å². The van der Waals surface area contributed by atoms with Crippen molar-refractivity contribution in [3.05, 3.63) is 29.6 Å². The monoisotopic (exact) mass is 251 g/mol. The first kappa shape index (κ1) is 13.0. The molecule has 0 saturated carbocycles. The van der Waals surface area contributed by atoms with E-state index in [4.69, 9.17) is 4.74 Å². The molecule has 1 fully saturated rings. The Bertz CT molecular complexity index is 447. The van der Waals surface area contributed by atoms with Crippen molar-refractivity contribution in [2.45, 2.75) is 26.3 Å². The van der Waals surface area contributed by atoms with Crippen LogP contribution in [0.5, 0.6) is 0 Å². The largest absolute Gasteiger partial charge is 0.377 e. The van der Waals surface area contributed by atoms with E-state index < -0.39 is 0 Å². The number of carbonyl (C=O) groups excluding carboxylic acids is 1. The molecule has 1 saturated heterocycles. The van der Waals surface area contributed by atoms with Gasteiger partial charge in [-0.3, -0.25) is 4.79 Å². The van der Waals surface area contributed by atoms with Crippen molar-refractivity contribution in [3.8, 4) is 0 Å². The lowest BCUT2D eigenvalue weighted by molar-refractivity contribution is 0.0926. The number of halogens is 1. The van der Waals surface area contributed by atoms with Gasteiger partial charge >= 0.3 is 0 Å². The lowest BCUT2D eigenvalue weighted by atomic mass is 10.1. The van der Waals surface area contributed by atoms with Crippen molar-refractivity contribution in [1.29, 1.82) is 0 Å². The molecule has 1 aromatic rings. The van der Waals surface area contributed by atoms with Crippen LogP contribution in [-0.4, -0.2) is 31.6 Å². The van der Waals surface area contributed by atoms with Crippen LogP contribution in [0.15, 0.2) is 18.2 Å². The van der Waals surface area contributed by atoms with Gasteiger partial charge in [0, 0.05) is 12.1 Å². The molecule has 0 aliphatic carbocycles. The number of benzene rings is 1. The Labute approximate surface area is 107 Å². The number of morpholine rings is 1. The van der Waals surface area contributed by atoms with Crippen LogP contribution in [0.25, 0.3) is 0 Å². The Morgan fingerprint density at radius 2 is 2.33 bits per heavy atom. The molecule has 4 heteroatoms. The van der Waals surface area contributed by atoms with Gasteiger partial charge in [0.2, 0.25) is 0 Å². The van der Waals surface area contributed by atoms with Crippen molar-refractivity contribution in [3.63, 3.8) is 0 Å². The minimum Gasteiger partial charge on any atom is -0.377 e. The first-order valence-electron chi connectivity index (χ1n) is 6.28. The number of rotatable bonds is 3. The molecule has 1 unspecified atom stereocenters. The third-order valence-electron chi connectivity index (χ3n) is 3.36. The zero-order chi connectivity index (χ0) is 13.1. The Morgan fingerprint density at radius 1 is 1.56 bits per heavy atom. The maximum absolute atomic E-state index is 14.1. The van der Waals surface area contributed by atoms with E-state index in [2.05, 4.69) is 6.92 Å². The predicted molar refractivity (Wildman–Crippen MR) is 68.6 cm³/mol. The van der Waals surface area contributed by atoms with Gasteiger partial charge in [-0.2, -0.15) is 0 Å². The fraction of sp³-hybridized carbons (Fsp3) is 0.500. The lowest BCUT2D eigenvalue weighted by Gasteiger charge is -2.37. The molecule has 1 aromatic carbocycles. The summed E-state index contributed by atoms with van der Waals surface area (Å²) in [5.74, 6) is -0.447. The van der Waals surface area contributed by atoms with Crippen LogP contribution in [0.3, 0.4) is 0 Å². The van der Waals surface area contributed by atoms with E-state index in [1.807, 2.05) is 4.90 Å². The molecule has 2 rings (SSSR count). The highest BCUT2D eigenvalue weighted by atomic mass is 19.1. The van der Waals surface area contributed by atoms with Gasteiger partial charge in [-0.15, -0.1) is 0 Å². The number of Topliss-reactive ketones (excluding diaryl/α,β-unsaturated/α-hetero) is 1. The number of hydrogen-bond donors (Lipinski definition) is 0. The fourth-order valence-corrected chi connectivity index (χ4v) is 2.27. The van der Waals surface area contributed by atoms with Crippen molar-refractivity contribution in [2.24, 2.45) is 0 Å². The van der Waals surface area contributed by atoms with Gasteiger partial charge < -0.3 is 9.64 Å². The van der Waals surface area contributed by atoms with E-state index in [-0.39, 0.29) is 17.6 Å². The first-order chi connectivity index (χ1) is 8.63. The maximum atomic E-state index is 14.1. The molecule has 1 atom stereocenters. The highest BCUT2D eigenvalue weighted by Crippen LogP contribution is 2.25. The topological polar surface area (TPSA) is 29.5 Å². The summed E-state index contributed by atoms with van der Waals surface area (Å²) in [5, 5.41) is 0. The van der Waals surface area contributed by atoms with Crippen LogP contribution in [0.4, 0.5) is 10.1 Å². The summed E-state index contributed by atoms with van der Waals surface area (Å²) >= 11 is 0. The third kappa shape index (κ3) is 2.53. The highest BCUT2D eigenvalue weighted by molar-refractivity contribution is 5.94. The molecule has 0 radical (unpaired) electrons. The average molecular weight is 251 g/mol. The second-order valence-corrected chi connectivity index (χ2v) is 4.55. The van der Waals surface area contributed by atoms with Crippen molar-refractivity contribution in [2.75, 3.05) is 24.7 Å². The number of ether oxygens (including phenoxy) is 1. The van der Waals surface area contributed by atoms with E-state index in [9.17, 15) is 9.18 Å². The number of carbonyl (C=O) groups is 1. The fourth-order valence-electron chi connectivity index (χ4n) is 2.27. The van der Waals surface area contributed by atoms with E-state index in [0.29, 0.717) is 31.0 Å². The lowest BCUT2D eigenvalue weighted by Crippen LogP contribution is -2.45. The minimum atomic E-state index is -0.331. The van der Waals surface area contributed by atoms with E-state index >= 15 is 0 Å². The zero-order valence-electron chi connectivity index (χ0n) is 10.8. The quantitative estimate of drug-likeness (QED) is 0.773. The van der Waals surface area contributed by atoms with Crippen LogP contribution in [0, 0.1) is 5.82 Å². The van der Waals surface area contributed by atoms with Crippen LogP contribution in [0.1, 0.15) is 30.6 Å². The molecule has 1 aliphatic heterocycles. The Morgan fingerprint density at radius 3 is 2.94 bits per heavy atom. The number of anilines is 1. The van der Waals surface area contributed by atoms with Crippen molar-refractivity contribution in [1.82, 2.24) is 0 Å². The SMILES string of the molecule is CCC1COCCN1c1ccc(C(C)=O)cc1F. The molecule has 0 aromatic heterocycles. The van der Waals surface area contributed by atoms with Gasteiger partial charge in [0.15, 0.2) is 5.78 Å². The van der Waals surface area contributed by atoms with Crippen LogP contribution in [-0.2, 0) is 4.74 Å². The third-order valence-corrected chi connectivity index (χ3v) is 3.36. The van der Waals surface area contributed by atoms with Crippen LogP contribution >= 0.6 is 0 Å². The minimum absolute atomic E-state index is 0.116. The molecule has 0 bridgehead atoms. The summed E-state index contributed by atoms with van der Waals surface area (Å²) in [5.41, 5.74) is 0.979. The Hall–Kier alpha value is -1.42. The second kappa shape index (κ2) is 5.48. The number of hydrogen-bond acceptors (Lipinski definition) is 3. The smallest absolute Gasteiger partial charge is 0.159 e. The predicted octanol–water partition coefficient (Wildman–Crippen LogP) is 2.64. The summed E-state index contributed by atoms with van der Waals surface area (Å²) in [6.07, 6.45) is 0.911. The number of nitrogens with zero attached hydrogens (tertiary/aromatic N) is 1. The molecule has 1 aliphatic rings. The molecule has 98 valence electrons. The molecule has 18 heavy (non-hydrogen) atoms. The molecule has 1 heterocycles. The van der Waals surface area contributed by atoms with Gasteiger partial charge in [0.25, 0.3) is 0 Å². The summed E-state index contributed by atoms with van der Waals surface area (Å²) in [6, 6.07) is 4.90. The van der Waals surface area contributed by atoms with Crippen LogP contribution in [0.2, 0.25) is 0 Å². The molecule has 0 N–H and O–H groups in total. The highest BCUT2D eigenvalue weighted by Gasteiger charge is 2.24. The normalized spacial score (nSPS) is 19.9. The molecular weight excluding hydrogens is 233 g/mol. The van der Waals surface area contributed by atoms with Crippen LogP contribution < -0.4 is 4.90 Å². The van der Waals surface area contributed by atoms with Gasteiger partial charge in [0.1, 0.15) is 5.82 Å². The van der Waals surface area contributed by atoms with Gasteiger partial charge in [-0.05, 0) is 31.5 Å². The van der Waals surface area contributed by atoms with Gasteiger partial charge in [-0.1, -0.05) is 6.92 Å². The molecule has 0 spiro atoms. The second-order valence-electron chi connectivity index (χ2n) is 4.55. The summed E-state index contributed by atoms with van der Waals surface area (Å²) in [4.78, 5) is 13.2. The van der Waals surface area contributed by atoms with E-state index in [1.54, 1.807) is 12.1 Å². The summed E-state index contributed by atoms with van der Waals surface area (Å²) in [7, 11) is 0. The molecule has 3 nitrogen and oxygen atoms in total. The van der Waals surface area contributed by atoms with E-state index in [0.717, 1.165) is 6.42 Å². The molecule has 0 amide bonds. The zero-order valence-corrected chi connectivity index (χ0v) is 10.8. The summed E-state index contributed by atoms with van der Waals surface area (Å²) < 4.78 is 19.5. The molecular formula is C14H18FNO2. The first-order valence-corrected chi connectivity index (χ1v) is 6.28. The average Bonchev–Trinajstić information content (AvgIpc) is 2.38. The Kier molecular flexibility index (Phi) is 3.97. The maximum Gasteiger partial charge on any atom is 0.159 e. The standard InChI is InChI=1S/C14H18FNO2/c1-3-12-9-18-7-6-16(12)14-5-4-11(10(2)17)8-13(14)15/h4-5,8,12H,3,6-7,9H2,1-2H3. The Balaban J connectivity index is 2.29. The van der Waals surface area contributed by atoms with Gasteiger partial charge in [0.05, 0.1) is 24.9 Å². The summed E-state index contributed by atoms with van der Waals surface area (Å²) in [6.45, 7) is 5.44. The van der Waals surface area contributed by atoms with E-state index in [1.165, 1.54) is 13.0 Å².